The lowest BCUT2D eigenvalue weighted by atomic mass is 10.1. The van der Waals surface area contributed by atoms with Gasteiger partial charge in [-0.25, -0.2) is 4.79 Å². The number of H-pyrrole nitrogens is 1. The average Bonchev–Trinajstić information content (AvgIpc) is 3.20. The van der Waals surface area contributed by atoms with Gasteiger partial charge in [-0.15, -0.1) is 0 Å². The molecule has 0 saturated carbocycles. The van der Waals surface area contributed by atoms with Gasteiger partial charge < -0.3 is 19.0 Å². The quantitative estimate of drug-likeness (QED) is 0.508. The molecule has 0 aliphatic carbocycles. The highest BCUT2D eigenvalue weighted by atomic mass is 16.5. The third-order valence-corrected chi connectivity index (χ3v) is 4.72. The van der Waals surface area contributed by atoms with Gasteiger partial charge in [-0.3, -0.25) is 4.79 Å². The lowest BCUT2D eigenvalue weighted by Gasteiger charge is -2.17. The van der Waals surface area contributed by atoms with Crippen LogP contribution in [-0.2, 0) is 9.47 Å². The molecule has 6 nitrogen and oxygen atoms in total. The molecule has 142 valence electrons. The summed E-state index contributed by atoms with van der Waals surface area (Å²) in [4.78, 5) is 27.9. The number of benzene rings is 1. The number of carbonyl (C=O) groups excluding carboxylic acids is 2. The Morgan fingerprint density at radius 3 is 2.63 bits per heavy atom. The first kappa shape index (κ1) is 18.9. The number of methoxy groups -OCH3 is 1. The van der Waals surface area contributed by atoms with Crippen LogP contribution in [0.25, 0.3) is 10.9 Å². The molecule has 6 heteroatoms. The second kappa shape index (κ2) is 7.80. The Labute approximate surface area is 158 Å². The summed E-state index contributed by atoms with van der Waals surface area (Å²) < 4.78 is 12.5. The monoisotopic (exact) mass is 368 g/mol. The Morgan fingerprint density at radius 2 is 1.93 bits per heavy atom. The molecule has 3 rings (SSSR count). The van der Waals surface area contributed by atoms with Crippen LogP contribution in [0.15, 0.2) is 36.4 Å². The minimum atomic E-state index is -0.541. The number of Topliss-reactive ketones (excluding diaryl/α,β-unsaturated/α-hetero) is 1. The molecule has 27 heavy (non-hydrogen) atoms. The van der Waals surface area contributed by atoms with Gasteiger partial charge >= 0.3 is 5.97 Å². The van der Waals surface area contributed by atoms with Crippen molar-refractivity contribution in [2.75, 3.05) is 20.3 Å². The van der Waals surface area contributed by atoms with Gasteiger partial charge in [-0.2, -0.15) is 0 Å². The number of ketones is 1. The van der Waals surface area contributed by atoms with Crippen LogP contribution in [0.2, 0.25) is 0 Å². The van der Waals surface area contributed by atoms with Gasteiger partial charge in [0.1, 0.15) is 5.69 Å². The molecular formula is C21H24N2O4. The predicted octanol–water partition coefficient (Wildman–Crippen LogP) is 3.83. The first-order chi connectivity index (χ1) is 12.9. The molecule has 0 fully saturated rings. The van der Waals surface area contributed by atoms with Gasteiger partial charge in [0.15, 0.2) is 6.61 Å². The van der Waals surface area contributed by atoms with Gasteiger partial charge in [0, 0.05) is 35.0 Å². The van der Waals surface area contributed by atoms with E-state index in [1.54, 1.807) is 13.2 Å². The van der Waals surface area contributed by atoms with Crippen molar-refractivity contribution in [3.05, 3.63) is 59.0 Å². The van der Waals surface area contributed by atoms with E-state index in [4.69, 9.17) is 9.47 Å². The molecule has 0 aliphatic heterocycles. The summed E-state index contributed by atoms with van der Waals surface area (Å²) in [5.41, 5.74) is 3.58. The summed E-state index contributed by atoms with van der Waals surface area (Å²) in [7, 11) is 1.65. The third kappa shape index (κ3) is 3.80. The van der Waals surface area contributed by atoms with Crippen LogP contribution in [-0.4, -0.2) is 41.6 Å². The highest BCUT2D eigenvalue weighted by molar-refractivity contribution is 6.01. The van der Waals surface area contributed by atoms with Gasteiger partial charge in [0.05, 0.1) is 12.6 Å². The summed E-state index contributed by atoms with van der Waals surface area (Å²) in [5, 5.41) is 0.923. The number of ether oxygens (including phenoxy) is 2. The molecule has 0 saturated heterocycles. The lowest BCUT2D eigenvalue weighted by molar-refractivity contribution is 0.0469. The van der Waals surface area contributed by atoms with Gasteiger partial charge in [0.2, 0.25) is 5.78 Å². The van der Waals surface area contributed by atoms with E-state index < -0.39 is 5.97 Å². The maximum atomic E-state index is 12.6. The summed E-state index contributed by atoms with van der Waals surface area (Å²) >= 11 is 0. The topological polar surface area (TPSA) is 73.3 Å². The van der Waals surface area contributed by atoms with Crippen molar-refractivity contribution in [3.8, 4) is 0 Å². The van der Waals surface area contributed by atoms with Gasteiger partial charge in [-0.05, 0) is 39.0 Å². The number of aryl methyl sites for hydroxylation is 1. The molecule has 3 aromatic rings. The molecule has 2 heterocycles. The van der Waals surface area contributed by atoms with E-state index >= 15 is 0 Å². The zero-order valence-electron chi connectivity index (χ0n) is 16.0. The number of nitrogens with zero attached hydrogens (tertiary/aromatic N) is 1. The maximum Gasteiger partial charge on any atom is 0.355 e. The number of nitrogens with one attached hydrogen (secondary N) is 1. The SMILES string of the molecule is COC[C@@H](C)n1c(C)cc(C(=O)COC(=O)c2cc3ccccc3[nH]2)c1C. The summed E-state index contributed by atoms with van der Waals surface area (Å²) in [6.45, 7) is 6.14. The van der Waals surface area contributed by atoms with Crippen LogP contribution < -0.4 is 0 Å². The molecule has 0 spiro atoms. The van der Waals surface area contributed by atoms with E-state index in [2.05, 4.69) is 9.55 Å². The number of hydrogen-bond acceptors (Lipinski definition) is 4. The van der Waals surface area contributed by atoms with Crippen molar-refractivity contribution >= 4 is 22.7 Å². The lowest BCUT2D eigenvalue weighted by Crippen LogP contribution is -2.17. The van der Waals surface area contributed by atoms with Crippen LogP contribution in [0.4, 0.5) is 0 Å². The van der Waals surface area contributed by atoms with Crippen molar-refractivity contribution in [2.45, 2.75) is 26.8 Å². The van der Waals surface area contributed by atoms with Crippen molar-refractivity contribution in [3.63, 3.8) is 0 Å². The van der Waals surface area contributed by atoms with Crippen LogP contribution in [0.5, 0.6) is 0 Å². The molecule has 1 atom stereocenters. The molecule has 0 unspecified atom stereocenters. The number of esters is 1. The second-order valence-electron chi connectivity index (χ2n) is 6.73. The smallest absolute Gasteiger partial charge is 0.355 e. The fourth-order valence-corrected chi connectivity index (χ4v) is 3.52. The first-order valence-electron chi connectivity index (χ1n) is 8.87. The predicted molar refractivity (Wildman–Crippen MR) is 103 cm³/mol. The largest absolute Gasteiger partial charge is 0.453 e. The molecular weight excluding hydrogens is 344 g/mol. The fraction of sp³-hybridized carbons (Fsp3) is 0.333. The first-order valence-corrected chi connectivity index (χ1v) is 8.87. The van der Waals surface area contributed by atoms with Crippen molar-refractivity contribution < 1.29 is 19.1 Å². The number of para-hydroxylation sites is 1. The van der Waals surface area contributed by atoms with Gasteiger partial charge in [0.25, 0.3) is 0 Å². The highest BCUT2D eigenvalue weighted by Gasteiger charge is 2.20. The number of hydrogen-bond donors (Lipinski definition) is 1. The number of carbonyl (C=O) groups is 2. The van der Waals surface area contributed by atoms with Gasteiger partial charge in [-0.1, -0.05) is 18.2 Å². The number of aromatic amines is 1. The molecule has 1 aromatic carbocycles. The minimum absolute atomic E-state index is 0.116. The standard InChI is InChI=1S/C21H24N2O4/c1-13-9-17(15(3)23(13)14(2)11-26-4)20(24)12-27-21(25)19-10-16-7-5-6-8-18(16)22-19/h5-10,14,22H,11-12H2,1-4H3/t14-/m1/s1. The molecule has 2 aromatic heterocycles. The van der Waals surface area contributed by atoms with Crippen molar-refractivity contribution in [1.29, 1.82) is 0 Å². The van der Waals surface area contributed by atoms with E-state index in [1.165, 1.54) is 0 Å². The van der Waals surface area contributed by atoms with E-state index in [0.717, 1.165) is 22.3 Å². The summed E-state index contributed by atoms with van der Waals surface area (Å²) in [6.07, 6.45) is 0. The summed E-state index contributed by atoms with van der Waals surface area (Å²) in [5.74, 6) is -0.760. The van der Waals surface area contributed by atoms with E-state index in [9.17, 15) is 9.59 Å². The Balaban J connectivity index is 1.70. The second-order valence-corrected chi connectivity index (χ2v) is 6.73. The Morgan fingerprint density at radius 1 is 1.19 bits per heavy atom. The zero-order chi connectivity index (χ0) is 19.6. The number of rotatable bonds is 7. The van der Waals surface area contributed by atoms with Crippen LogP contribution >= 0.6 is 0 Å². The van der Waals surface area contributed by atoms with Crippen LogP contribution in [0.1, 0.15) is 45.2 Å². The van der Waals surface area contributed by atoms with Crippen molar-refractivity contribution in [2.24, 2.45) is 0 Å². The normalized spacial score (nSPS) is 12.3. The highest BCUT2D eigenvalue weighted by Crippen LogP contribution is 2.21. The van der Waals surface area contributed by atoms with Crippen LogP contribution in [0.3, 0.4) is 0 Å². The van der Waals surface area contributed by atoms with Crippen LogP contribution in [0, 0.1) is 13.8 Å². The molecule has 0 radical (unpaired) electrons. The Hall–Kier alpha value is -2.86. The Bertz CT molecular complexity index is 950. The minimum Gasteiger partial charge on any atom is -0.453 e. The average molecular weight is 368 g/mol. The maximum absolute atomic E-state index is 12.6. The molecule has 1 N–H and O–H groups in total. The van der Waals surface area contributed by atoms with E-state index in [1.807, 2.05) is 51.1 Å². The number of aromatic nitrogens is 2. The Kier molecular flexibility index (Phi) is 5.46. The molecule has 0 aliphatic rings. The van der Waals surface area contributed by atoms with E-state index in [-0.39, 0.29) is 18.4 Å². The number of fused-ring (bicyclic) bond motifs is 1. The zero-order valence-corrected chi connectivity index (χ0v) is 16.0. The molecule has 0 amide bonds. The van der Waals surface area contributed by atoms with E-state index in [0.29, 0.717) is 17.9 Å². The van der Waals surface area contributed by atoms with Crippen molar-refractivity contribution in [1.82, 2.24) is 9.55 Å². The third-order valence-electron chi connectivity index (χ3n) is 4.72. The summed E-state index contributed by atoms with van der Waals surface area (Å²) in [6, 6.07) is 11.2. The fourth-order valence-electron chi connectivity index (χ4n) is 3.52. The molecule has 0 bridgehead atoms.